The van der Waals surface area contributed by atoms with Crippen LogP contribution in [0, 0.1) is 18.6 Å². The second-order valence-corrected chi connectivity index (χ2v) is 3.87. The number of hydrogen-bond acceptors (Lipinski definition) is 1. The van der Waals surface area contributed by atoms with Crippen LogP contribution in [0.2, 0.25) is 0 Å². The molecule has 4 heteroatoms. The molecule has 0 fully saturated rings. The van der Waals surface area contributed by atoms with E-state index in [0.717, 1.165) is 5.56 Å². The zero-order chi connectivity index (χ0) is 12.4. The first-order chi connectivity index (χ1) is 8.08. The predicted octanol–water partition coefficient (Wildman–Crippen LogP) is 2.48. The highest BCUT2D eigenvalue weighted by molar-refractivity contribution is 5.20. The first-order valence-corrected chi connectivity index (χ1v) is 5.18. The molecule has 1 aromatic heterocycles. The quantitative estimate of drug-likeness (QED) is 0.783. The van der Waals surface area contributed by atoms with E-state index < -0.39 is 11.6 Å². The third-order valence-corrected chi connectivity index (χ3v) is 2.54. The van der Waals surface area contributed by atoms with Crippen molar-refractivity contribution in [1.29, 1.82) is 0 Å². The third kappa shape index (κ3) is 2.41. The van der Waals surface area contributed by atoms with Gasteiger partial charge in [0.1, 0.15) is 11.6 Å². The van der Waals surface area contributed by atoms with Gasteiger partial charge in [0.2, 0.25) is 0 Å². The van der Waals surface area contributed by atoms with Gasteiger partial charge in [-0.1, -0.05) is 6.07 Å². The molecular formula is C13H11F2NO. The van der Waals surface area contributed by atoms with Crippen LogP contribution in [0.3, 0.4) is 0 Å². The maximum Gasteiger partial charge on any atom is 0.251 e. The van der Waals surface area contributed by atoms with E-state index in [1.807, 2.05) is 0 Å². The molecule has 2 aromatic rings. The molecular weight excluding hydrogens is 224 g/mol. The lowest BCUT2D eigenvalue weighted by atomic mass is 10.2. The molecule has 2 rings (SSSR count). The van der Waals surface area contributed by atoms with Gasteiger partial charge in [-0.25, -0.2) is 8.78 Å². The average molecular weight is 235 g/mol. The summed E-state index contributed by atoms with van der Waals surface area (Å²) < 4.78 is 28.1. The number of halogens is 2. The molecule has 0 saturated carbocycles. The lowest BCUT2D eigenvalue weighted by molar-refractivity contribution is 0.541. The van der Waals surface area contributed by atoms with Crippen LogP contribution >= 0.6 is 0 Å². The summed E-state index contributed by atoms with van der Waals surface area (Å²) >= 11 is 0. The topological polar surface area (TPSA) is 22.0 Å². The molecule has 2 nitrogen and oxygen atoms in total. The molecule has 0 amide bonds. The molecule has 0 saturated heterocycles. The molecule has 0 spiro atoms. The van der Waals surface area contributed by atoms with E-state index in [2.05, 4.69) is 0 Å². The van der Waals surface area contributed by atoms with Crippen LogP contribution in [0.1, 0.15) is 11.1 Å². The minimum absolute atomic E-state index is 0.0987. The molecule has 88 valence electrons. The fourth-order valence-electron chi connectivity index (χ4n) is 1.59. The van der Waals surface area contributed by atoms with Crippen molar-refractivity contribution >= 4 is 0 Å². The summed E-state index contributed by atoms with van der Waals surface area (Å²) in [4.78, 5) is 11.6. The van der Waals surface area contributed by atoms with E-state index in [-0.39, 0.29) is 17.7 Å². The predicted molar refractivity (Wildman–Crippen MR) is 60.9 cm³/mol. The number of aromatic nitrogens is 1. The van der Waals surface area contributed by atoms with Crippen molar-refractivity contribution in [3.8, 4) is 0 Å². The Morgan fingerprint density at radius 2 is 1.82 bits per heavy atom. The number of nitrogens with zero attached hydrogens (tertiary/aromatic N) is 1. The summed E-state index contributed by atoms with van der Waals surface area (Å²) in [6.45, 7) is 1.69. The van der Waals surface area contributed by atoms with Gasteiger partial charge in [0.15, 0.2) is 0 Å². The minimum atomic E-state index is -0.641. The Labute approximate surface area is 97.1 Å². The molecule has 17 heavy (non-hydrogen) atoms. The maximum atomic E-state index is 13.4. The van der Waals surface area contributed by atoms with Crippen molar-refractivity contribution in [1.82, 2.24) is 4.57 Å². The molecule has 0 aliphatic rings. The molecule has 0 unspecified atom stereocenters. The zero-order valence-electron chi connectivity index (χ0n) is 9.28. The van der Waals surface area contributed by atoms with E-state index in [9.17, 15) is 13.6 Å². The van der Waals surface area contributed by atoms with Crippen LogP contribution in [0.25, 0.3) is 0 Å². The molecule has 0 atom stereocenters. The highest BCUT2D eigenvalue weighted by Gasteiger charge is 2.09. The normalized spacial score (nSPS) is 10.5. The molecule has 1 heterocycles. The summed E-state index contributed by atoms with van der Waals surface area (Å²) in [6.07, 6.45) is 1.53. The summed E-state index contributed by atoms with van der Waals surface area (Å²) in [5, 5.41) is 0. The Morgan fingerprint density at radius 1 is 1.18 bits per heavy atom. The molecule has 0 bridgehead atoms. The Hall–Kier alpha value is -1.97. The van der Waals surface area contributed by atoms with Crippen molar-refractivity contribution in [2.24, 2.45) is 0 Å². The largest absolute Gasteiger partial charge is 0.311 e. The minimum Gasteiger partial charge on any atom is -0.311 e. The highest BCUT2D eigenvalue weighted by Crippen LogP contribution is 2.12. The van der Waals surface area contributed by atoms with Gasteiger partial charge in [-0.3, -0.25) is 4.79 Å². The zero-order valence-corrected chi connectivity index (χ0v) is 9.28. The maximum absolute atomic E-state index is 13.4. The van der Waals surface area contributed by atoms with Gasteiger partial charge in [-0.15, -0.1) is 0 Å². The van der Waals surface area contributed by atoms with Crippen LogP contribution in [0.5, 0.6) is 0 Å². The van der Waals surface area contributed by atoms with Gasteiger partial charge in [0.25, 0.3) is 5.56 Å². The average Bonchev–Trinajstić information content (AvgIpc) is 2.26. The fraction of sp³-hybridized carbons (Fsp3) is 0.154. The monoisotopic (exact) mass is 235 g/mol. The standard InChI is InChI=1S/C13H11F2NO/c1-9-5-6-16(13(17)7-9)8-10-11(14)3-2-4-12(10)15/h2-7H,8H2,1H3. The number of aryl methyl sites for hydroxylation is 1. The van der Waals surface area contributed by atoms with Crippen LogP contribution in [0.4, 0.5) is 8.78 Å². The number of benzene rings is 1. The van der Waals surface area contributed by atoms with E-state index in [1.54, 1.807) is 13.0 Å². The van der Waals surface area contributed by atoms with E-state index in [1.165, 1.54) is 35.0 Å². The first kappa shape index (κ1) is 11.5. The van der Waals surface area contributed by atoms with Crippen LogP contribution < -0.4 is 5.56 Å². The van der Waals surface area contributed by atoms with Crippen LogP contribution in [-0.4, -0.2) is 4.57 Å². The summed E-state index contributed by atoms with van der Waals surface area (Å²) in [5.41, 5.74) is 0.450. The second kappa shape index (κ2) is 4.49. The highest BCUT2D eigenvalue weighted by atomic mass is 19.1. The number of rotatable bonds is 2. The summed E-state index contributed by atoms with van der Waals surface area (Å²) in [7, 11) is 0. The lowest BCUT2D eigenvalue weighted by Gasteiger charge is -2.07. The van der Waals surface area contributed by atoms with Crippen LogP contribution in [-0.2, 0) is 6.54 Å². The molecule has 1 aromatic carbocycles. The second-order valence-electron chi connectivity index (χ2n) is 3.87. The smallest absolute Gasteiger partial charge is 0.251 e. The van der Waals surface area contributed by atoms with Crippen molar-refractivity contribution in [3.63, 3.8) is 0 Å². The Kier molecular flexibility index (Phi) is 3.04. The molecule has 0 N–H and O–H groups in total. The first-order valence-electron chi connectivity index (χ1n) is 5.18. The van der Waals surface area contributed by atoms with Gasteiger partial charge in [-0.2, -0.15) is 0 Å². The Morgan fingerprint density at radius 3 is 2.41 bits per heavy atom. The van der Waals surface area contributed by atoms with Gasteiger partial charge < -0.3 is 4.57 Å². The Bertz CT molecular complexity index is 584. The van der Waals surface area contributed by atoms with E-state index in [0.29, 0.717) is 0 Å². The lowest BCUT2D eigenvalue weighted by Crippen LogP contribution is -2.20. The van der Waals surface area contributed by atoms with E-state index in [4.69, 9.17) is 0 Å². The fourth-order valence-corrected chi connectivity index (χ4v) is 1.59. The number of hydrogen-bond donors (Lipinski definition) is 0. The van der Waals surface area contributed by atoms with Gasteiger partial charge >= 0.3 is 0 Å². The van der Waals surface area contributed by atoms with Crippen molar-refractivity contribution in [3.05, 3.63) is 69.6 Å². The van der Waals surface area contributed by atoms with Crippen molar-refractivity contribution in [2.75, 3.05) is 0 Å². The summed E-state index contributed by atoms with van der Waals surface area (Å²) in [5.74, 6) is -1.28. The SMILES string of the molecule is Cc1ccn(Cc2c(F)cccc2F)c(=O)c1. The van der Waals surface area contributed by atoms with Crippen molar-refractivity contribution in [2.45, 2.75) is 13.5 Å². The molecule has 0 aliphatic carbocycles. The molecule has 0 radical (unpaired) electrons. The van der Waals surface area contributed by atoms with Gasteiger partial charge in [0.05, 0.1) is 6.54 Å². The third-order valence-electron chi connectivity index (χ3n) is 2.54. The number of pyridine rings is 1. The van der Waals surface area contributed by atoms with Gasteiger partial charge in [-0.05, 0) is 30.7 Å². The molecule has 0 aliphatic heterocycles. The van der Waals surface area contributed by atoms with Gasteiger partial charge in [0, 0.05) is 17.8 Å². The van der Waals surface area contributed by atoms with E-state index >= 15 is 0 Å². The van der Waals surface area contributed by atoms with Crippen LogP contribution in [0.15, 0.2) is 41.3 Å². The Balaban J connectivity index is 2.42. The van der Waals surface area contributed by atoms with Crippen molar-refractivity contribution < 1.29 is 8.78 Å². The summed E-state index contributed by atoms with van der Waals surface area (Å²) in [6, 6.07) is 6.81.